The molecule has 0 amide bonds. The number of benzene rings is 1. The van der Waals surface area contributed by atoms with Crippen LogP contribution in [0.25, 0.3) is 0 Å². The van der Waals surface area contributed by atoms with Gasteiger partial charge in [-0.2, -0.15) is 5.26 Å². The van der Waals surface area contributed by atoms with Gasteiger partial charge in [-0.05, 0) is 88.6 Å². The van der Waals surface area contributed by atoms with Crippen LogP contribution in [0, 0.1) is 18.5 Å². The third-order valence-electron chi connectivity index (χ3n) is 3.97. The minimum absolute atomic E-state index is 0.453. The van der Waals surface area contributed by atoms with Crippen molar-refractivity contribution >= 4 is 67.7 Å². The molecule has 2 aromatic rings. The Morgan fingerprint density at radius 1 is 1.32 bits per heavy atom. The van der Waals surface area contributed by atoms with Crippen molar-refractivity contribution < 1.29 is 4.74 Å². The van der Waals surface area contributed by atoms with Gasteiger partial charge in [-0.1, -0.05) is 12.7 Å². The van der Waals surface area contributed by atoms with E-state index >= 15 is 0 Å². The minimum Gasteiger partial charge on any atom is -0.488 e. The summed E-state index contributed by atoms with van der Waals surface area (Å²) in [4.78, 5) is 5.99. The van der Waals surface area contributed by atoms with E-state index < -0.39 is 0 Å². The summed E-state index contributed by atoms with van der Waals surface area (Å²) in [5.74, 6) is 0.810. The number of halogens is 2. The van der Waals surface area contributed by atoms with Crippen LogP contribution in [0.1, 0.15) is 34.4 Å². The van der Waals surface area contributed by atoms with Crippen molar-refractivity contribution in [3.8, 4) is 11.8 Å². The maximum Gasteiger partial charge on any atom is 0.141 e. The number of nitriles is 1. The summed E-state index contributed by atoms with van der Waals surface area (Å²) in [7, 11) is 0. The Hall–Kier alpha value is -0.920. The van der Waals surface area contributed by atoms with Crippen molar-refractivity contribution in [2.75, 3.05) is 6.61 Å². The lowest BCUT2D eigenvalue weighted by atomic mass is 9.96. The summed E-state index contributed by atoms with van der Waals surface area (Å²) in [6.07, 6.45) is 7.99. The molecular weight excluding hydrogens is 558 g/mol. The Balaban J connectivity index is 1.99. The largest absolute Gasteiger partial charge is 0.488 e. The summed E-state index contributed by atoms with van der Waals surface area (Å²) in [5.41, 5.74) is 2.89. The third kappa shape index (κ3) is 4.26. The topological polar surface area (TPSA) is 45.4 Å². The Morgan fingerprint density at radius 3 is 2.88 bits per heavy atom. The predicted octanol–water partition coefficient (Wildman–Crippen LogP) is 6.02. The smallest absolute Gasteiger partial charge is 0.141 e. The molecule has 0 atom stereocenters. The molecular formula is C19H16I2N2OS. The second kappa shape index (κ2) is 8.64. The van der Waals surface area contributed by atoms with Gasteiger partial charge in [0.1, 0.15) is 23.4 Å². The number of hydrogen-bond donors (Lipinski definition) is 0. The first-order valence-electron chi connectivity index (χ1n) is 7.95. The van der Waals surface area contributed by atoms with E-state index in [1.807, 2.05) is 12.3 Å². The van der Waals surface area contributed by atoms with Crippen molar-refractivity contribution in [1.82, 2.24) is 0 Å². The lowest BCUT2D eigenvalue weighted by Gasteiger charge is -2.10. The zero-order valence-corrected chi connectivity index (χ0v) is 18.7. The summed E-state index contributed by atoms with van der Waals surface area (Å²) in [6.45, 7) is 4.16. The van der Waals surface area contributed by atoms with Crippen LogP contribution in [0.5, 0.6) is 5.75 Å². The lowest BCUT2D eigenvalue weighted by Crippen LogP contribution is -2.00. The third-order valence-corrected chi connectivity index (χ3v) is 6.59. The molecule has 0 aliphatic heterocycles. The molecule has 3 rings (SSSR count). The first-order chi connectivity index (χ1) is 12.1. The molecule has 1 aliphatic rings. The number of hydrogen-bond acceptors (Lipinski definition) is 4. The van der Waals surface area contributed by atoms with E-state index in [4.69, 9.17) is 4.74 Å². The molecule has 0 saturated carbocycles. The predicted molar refractivity (Wildman–Crippen MR) is 120 cm³/mol. The van der Waals surface area contributed by atoms with E-state index in [2.05, 4.69) is 68.9 Å². The van der Waals surface area contributed by atoms with Gasteiger partial charge in [-0.15, -0.1) is 11.3 Å². The highest BCUT2D eigenvalue weighted by atomic mass is 127. The molecule has 1 aromatic carbocycles. The summed E-state index contributed by atoms with van der Waals surface area (Å²) in [6, 6.07) is 6.48. The number of thiophene rings is 1. The molecule has 0 fully saturated rings. The highest BCUT2D eigenvalue weighted by Gasteiger charge is 2.20. The highest BCUT2D eigenvalue weighted by Crippen LogP contribution is 2.39. The quantitative estimate of drug-likeness (QED) is 0.249. The Morgan fingerprint density at radius 2 is 2.12 bits per heavy atom. The van der Waals surface area contributed by atoms with Gasteiger partial charge in [0.05, 0.1) is 9.13 Å². The molecule has 128 valence electrons. The van der Waals surface area contributed by atoms with Crippen LogP contribution < -0.4 is 4.74 Å². The van der Waals surface area contributed by atoms with Gasteiger partial charge in [0, 0.05) is 20.2 Å². The van der Waals surface area contributed by atoms with Crippen molar-refractivity contribution in [3.05, 3.63) is 53.5 Å². The van der Waals surface area contributed by atoms with Crippen LogP contribution >= 0.6 is 56.5 Å². The van der Waals surface area contributed by atoms with Crippen LogP contribution in [0.3, 0.4) is 0 Å². The van der Waals surface area contributed by atoms with E-state index in [0.717, 1.165) is 48.3 Å². The van der Waals surface area contributed by atoms with Crippen LogP contribution in [-0.2, 0) is 12.8 Å². The number of fused-ring (bicyclic) bond motifs is 1. The number of ether oxygens (including phenoxy) is 1. The van der Waals surface area contributed by atoms with Gasteiger partial charge in [-0.3, -0.25) is 0 Å². The second-order valence-corrected chi connectivity index (χ2v) is 9.16. The van der Waals surface area contributed by atoms with Gasteiger partial charge in [0.2, 0.25) is 0 Å². The second-order valence-electron chi connectivity index (χ2n) is 5.67. The van der Waals surface area contributed by atoms with Crippen LogP contribution in [0.15, 0.2) is 29.8 Å². The van der Waals surface area contributed by atoms with E-state index in [1.54, 1.807) is 17.4 Å². The number of aryl methyl sites for hydroxylation is 1. The fourth-order valence-corrected chi connectivity index (χ4v) is 6.09. The SMILES string of the molecule is C=CCOc1c(I)cc(I)cc1C=Nc1sc2c(c1C#N)CCCC2. The van der Waals surface area contributed by atoms with Crippen molar-refractivity contribution in [1.29, 1.82) is 5.26 Å². The van der Waals surface area contributed by atoms with E-state index in [1.165, 1.54) is 16.9 Å². The van der Waals surface area contributed by atoms with E-state index in [9.17, 15) is 5.26 Å². The zero-order valence-electron chi connectivity index (χ0n) is 13.5. The lowest BCUT2D eigenvalue weighted by molar-refractivity contribution is 0.360. The molecule has 1 heterocycles. The van der Waals surface area contributed by atoms with Crippen LogP contribution in [0.4, 0.5) is 5.00 Å². The maximum atomic E-state index is 9.56. The van der Waals surface area contributed by atoms with E-state index in [-0.39, 0.29) is 0 Å². The molecule has 1 aromatic heterocycles. The fraction of sp³-hybridized carbons (Fsp3) is 0.263. The van der Waals surface area contributed by atoms with Gasteiger partial charge in [0.15, 0.2) is 0 Å². The fourth-order valence-electron chi connectivity index (χ4n) is 2.86. The van der Waals surface area contributed by atoms with Crippen molar-refractivity contribution in [3.63, 3.8) is 0 Å². The van der Waals surface area contributed by atoms with Gasteiger partial charge < -0.3 is 4.74 Å². The van der Waals surface area contributed by atoms with E-state index in [0.29, 0.717) is 6.61 Å². The molecule has 0 N–H and O–H groups in total. The highest BCUT2D eigenvalue weighted by molar-refractivity contribution is 14.1. The van der Waals surface area contributed by atoms with Crippen LogP contribution in [0.2, 0.25) is 0 Å². The number of aliphatic imine (C=N–C) groups is 1. The summed E-state index contributed by atoms with van der Waals surface area (Å²) in [5, 5.41) is 10.4. The molecule has 0 radical (unpaired) electrons. The van der Waals surface area contributed by atoms with Gasteiger partial charge in [-0.25, -0.2) is 4.99 Å². The molecule has 0 spiro atoms. The van der Waals surface area contributed by atoms with Crippen molar-refractivity contribution in [2.24, 2.45) is 4.99 Å². The number of nitrogens with zero attached hydrogens (tertiary/aromatic N) is 2. The minimum atomic E-state index is 0.453. The normalized spacial score (nSPS) is 13.5. The molecule has 1 aliphatic carbocycles. The number of rotatable bonds is 5. The molecule has 0 bridgehead atoms. The first kappa shape index (κ1) is 18.9. The Kier molecular flexibility index (Phi) is 6.52. The molecule has 3 nitrogen and oxygen atoms in total. The Bertz CT molecular complexity index is 881. The Labute approximate surface area is 179 Å². The average Bonchev–Trinajstić information content (AvgIpc) is 2.96. The zero-order chi connectivity index (χ0) is 17.8. The molecule has 25 heavy (non-hydrogen) atoms. The maximum absolute atomic E-state index is 9.56. The molecule has 0 unspecified atom stereocenters. The molecule has 0 saturated heterocycles. The van der Waals surface area contributed by atoms with Gasteiger partial charge in [0.25, 0.3) is 0 Å². The standard InChI is InChI=1S/C19H16I2N2OS/c1-2-7-24-18-12(8-13(20)9-16(18)21)11-23-19-15(10-22)14-5-3-4-6-17(14)25-19/h2,8-9,11H,1,3-7H2. The first-order valence-corrected chi connectivity index (χ1v) is 10.9. The van der Waals surface area contributed by atoms with Crippen LogP contribution in [-0.4, -0.2) is 12.8 Å². The average molecular weight is 574 g/mol. The molecule has 6 heteroatoms. The van der Waals surface area contributed by atoms with Gasteiger partial charge >= 0.3 is 0 Å². The monoisotopic (exact) mass is 574 g/mol. The summed E-state index contributed by atoms with van der Waals surface area (Å²) < 4.78 is 7.98. The van der Waals surface area contributed by atoms with Crippen molar-refractivity contribution in [2.45, 2.75) is 25.7 Å². The summed E-state index contributed by atoms with van der Waals surface area (Å²) >= 11 is 6.22.